The molecule has 16 heavy (non-hydrogen) atoms. The van der Waals surface area contributed by atoms with E-state index in [2.05, 4.69) is 23.7 Å². The second-order valence-electron chi connectivity index (χ2n) is 2.48. The van der Waals surface area contributed by atoms with Gasteiger partial charge in [0.05, 0.1) is 0 Å². The first-order valence-electron chi connectivity index (χ1n) is 4.62. The van der Waals surface area contributed by atoms with Gasteiger partial charge in [-0.05, 0) is 30.9 Å². The Morgan fingerprint density at radius 1 is 1.00 bits per heavy atom. The molecule has 0 aliphatic rings. The van der Waals surface area contributed by atoms with E-state index < -0.39 is 5.97 Å². The number of hydrogen-bond acceptors (Lipinski definition) is 1. The zero-order valence-corrected chi connectivity index (χ0v) is 8.97. The second kappa shape index (κ2) is 10.6. The van der Waals surface area contributed by atoms with Gasteiger partial charge in [0.2, 0.25) is 0 Å². The van der Waals surface area contributed by atoms with Crippen molar-refractivity contribution < 1.29 is 9.90 Å². The predicted octanol–water partition coefficient (Wildman–Crippen LogP) is 2.32. The number of carbonyl (C=O) groups is 1. The van der Waals surface area contributed by atoms with E-state index >= 15 is 0 Å². The molecule has 0 fully saturated rings. The molecule has 0 atom stereocenters. The van der Waals surface area contributed by atoms with Crippen LogP contribution in [0.1, 0.15) is 6.92 Å². The Kier molecular flexibility index (Phi) is 9.00. The molecule has 0 aromatic rings. The SMILES string of the molecule is C/C=C\C#CC#C/C=C/C=C/C=C/C(=O)O. The standard InChI is InChI=1S/C14H12O2/c1-2-3-4-5-6-7-8-9-10-11-12-13-14(15)16/h2-3,8-13H,1H3,(H,15,16)/b3-2-,9-8+,11-10+,13-12+. The summed E-state index contributed by atoms with van der Waals surface area (Å²) in [6.07, 6.45) is 12.7. The maximum absolute atomic E-state index is 10.1. The van der Waals surface area contributed by atoms with Crippen molar-refractivity contribution in [1.29, 1.82) is 0 Å². The fourth-order valence-corrected chi connectivity index (χ4v) is 0.609. The smallest absolute Gasteiger partial charge is 0.328 e. The number of rotatable bonds is 3. The van der Waals surface area contributed by atoms with E-state index in [0.29, 0.717) is 0 Å². The molecule has 1 N–H and O–H groups in total. The Hall–Kier alpha value is -2.45. The van der Waals surface area contributed by atoms with E-state index in [-0.39, 0.29) is 0 Å². The van der Waals surface area contributed by atoms with Gasteiger partial charge in [0.1, 0.15) is 0 Å². The van der Waals surface area contributed by atoms with Crippen molar-refractivity contribution in [3.8, 4) is 23.7 Å². The molecular weight excluding hydrogens is 200 g/mol. The summed E-state index contributed by atoms with van der Waals surface area (Å²) in [7, 11) is 0. The molecule has 0 amide bonds. The number of carboxylic acids is 1. The molecule has 2 heteroatoms. The molecule has 0 heterocycles. The number of allylic oxidation sites excluding steroid dienone is 7. The molecule has 0 bridgehead atoms. The normalized spacial score (nSPS) is 10.6. The molecule has 0 saturated carbocycles. The van der Waals surface area contributed by atoms with E-state index in [4.69, 9.17) is 5.11 Å². The molecule has 0 aliphatic heterocycles. The quantitative estimate of drug-likeness (QED) is 0.443. The molecule has 0 aromatic carbocycles. The van der Waals surface area contributed by atoms with Gasteiger partial charge in [0, 0.05) is 6.08 Å². The summed E-state index contributed by atoms with van der Waals surface area (Å²) in [4.78, 5) is 10.1. The molecule has 0 unspecified atom stereocenters. The minimum atomic E-state index is -0.965. The fourth-order valence-electron chi connectivity index (χ4n) is 0.609. The molecule has 80 valence electrons. The van der Waals surface area contributed by atoms with E-state index in [0.717, 1.165) is 6.08 Å². The van der Waals surface area contributed by atoms with Crippen LogP contribution in [-0.4, -0.2) is 11.1 Å². The van der Waals surface area contributed by atoms with Crippen molar-refractivity contribution in [2.45, 2.75) is 6.92 Å². The molecule has 0 saturated heterocycles. The largest absolute Gasteiger partial charge is 0.478 e. The van der Waals surface area contributed by atoms with Crippen molar-refractivity contribution in [3.63, 3.8) is 0 Å². The highest BCUT2D eigenvalue weighted by molar-refractivity contribution is 5.80. The average Bonchev–Trinajstić information content (AvgIpc) is 2.25. The van der Waals surface area contributed by atoms with Crippen LogP contribution >= 0.6 is 0 Å². The number of hydrogen-bond donors (Lipinski definition) is 1. The third kappa shape index (κ3) is 11.6. The summed E-state index contributed by atoms with van der Waals surface area (Å²) in [5.74, 6) is 9.75. The monoisotopic (exact) mass is 212 g/mol. The lowest BCUT2D eigenvalue weighted by molar-refractivity contribution is -0.131. The first kappa shape index (κ1) is 13.5. The van der Waals surface area contributed by atoms with Crippen molar-refractivity contribution >= 4 is 5.97 Å². The first-order chi connectivity index (χ1) is 7.77. The Morgan fingerprint density at radius 2 is 1.62 bits per heavy atom. The summed E-state index contributed by atoms with van der Waals surface area (Å²) in [5, 5.41) is 8.28. The van der Waals surface area contributed by atoms with Crippen LogP contribution in [0.2, 0.25) is 0 Å². The van der Waals surface area contributed by atoms with Crippen LogP contribution in [0.4, 0.5) is 0 Å². The minimum Gasteiger partial charge on any atom is -0.478 e. The van der Waals surface area contributed by atoms with Crippen LogP contribution < -0.4 is 0 Å². The van der Waals surface area contributed by atoms with Gasteiger partial charge in [-0.3, -0.25) is 0 Å². The van der Waals surface area contributed by atoms with Gasteiger partial charge in [-0.2, -0.15) is 0 Å². The highest BCUT2D eigenvalue weighted by Crippen LogP contribution is 1.79. The lowest BCUT2D eigenvalue weighted by atomic mass is 10.4. The van der Waals surface area contributed by atoms with Crippen molar-refractivity contribution in [1.82, 2.24) is 0 Å². The Morgan fingerprint density at radius 3 is 2.25 bits per heavy atom. The van der Waals surface area contributed by atoms with Gasteiger partial charge >= 0.3 is 5.97 Å². The number of aliphatic carboxylic acids is 1. The zero-order chi connectivity index (χ0) is 12.1. The van der Waals surface area contributed by atoms with Crippen LogP contribution in [0, 0.1) is 23.7 Å². The first-order valence-corrected chi connectivity index (χ1v) is 4.62. The highest BCUT2D eigenvalue weighted by atomic mass is 16.4. The van der Waals surface area contributed by atoms with Crippen LogP contribution in [-0.2, 0) is 4.79 Å². The minimum absolute atomic E-state index is 0.965. The number of carboxylic acid groups (broad SMARTS) is 1. The summed E-state index contributed by atoms with van der Waals surface area (Å²) in [5.41, 5.74) is 0. The van der Waals surface area contributed by atoms with Crippen molar-refractivity contribution in [2.75, 3.05) is 0 Å². The van der Waals surface area contributed by atoms with Gasteiger partial charge < -0.3 is 5.11 Å². The third-order valence-electron chi connectivity index (χ3n) is 1.21. The molecule has 2 nitrogen and oxygen atoms in total. The fraction of sp³-hybridized carbons (Fsp3) is 0.0714. The summed E-state index contributed by atoms with van der Waals surface area (Å²) in [6.45, 7) is 1.89. The highest BCUT2D eigenvalue weighted by Gasteiger charge is 1.78. The second-order valence-corrected chi connectivity index (χ2v) is 2.48. The Bertz CT molecular complexity index is 441. The van der Waals surface area contributed by atoms with Crippen LogP contribution in [0.15, 0.2) is 48.6 Å². The van der Waals surface area contributed by atoms with Gasteiger partial charge in [0.25, 0.3) is 0 Å². The Balaban J connectivity index is 3.95. The van der Waals surface area contributed by atoms with Gasteiger partial charge in [0.15, 0.2) is 0 Å². The zero-order valence-electron chi connectivity index (χ0n) is 8.97. The van der Waals surface area contributed by atoms with Crippen molar-refractivity contribution in [2.24, 2.45) is 0 Å². The van der Waals surface area contributed by atoms with Gasteiger partial charge in [-0.1, -0.05) is 42.2 Å². The summed E-state index contributed by atoms with van der Waals surface area (Å²) >= 11 is 0. The molecule has 0 radical (unpaired) electrons. The van der Waals surface area contributed by atoms with Crippen molar-refractivity contribution in [3.05, 3.63) is 48.6 Å². The average molecular weight is 212 g/mol. The van der Waals surface area contributed by atoms with Gasteiger partial charge in [-0.15, -0.1) is 0 Å². The molecule has 0 aliphatic carbocycles. The summed E-state index contributed by atoms with van der Waals surface area (Å²) < 4.78 is 0. The summed E-state index contributed by atoms with van der Waals surface area (Å²) in [6, 6.07) is 0. The maximum Gasteiger partial charge on any atom is 0.328 e. The maximum atomic E-state index is 10.1. The van der Waals surface area contributed by atoms with Gasteiger partial charge in [-0.25, -0.2) is 4.79 Å². The van der Waals surface area contributed by atoms with E-state index in [1.807, 2.05) is 13.0 Å². The lowest BCUT2D eigenvalue weighted by Crippen LogP contribution is -1.84. The Labute approximate surface area is 95.7 Å². The van der Waals surface area contributed by atoms with Crippen LogP contribution in [0.5, 0.6) is 0 Å². The molecule has 0 spiro atoms. The molecule has 0 rings (SSSR count). The van der Waals surface area contributed by atoms with E-state index in [1.54, 1.807) is 30.4 Å². The van der Waals surface area contributed by atoms with Crippen LogP contribution in [0.25, 0.3) is 0 Å². The van der Waals surface area contributed by atoms with E-state index in [1.165, 1.54) is 6.08 Å². The predicted molar refractivity (Wildman–Crippen MR) is 65.4 cm³/mol. The lowest BCUT2D eigenvalue weighted by Gasteiger charge is -1.73. The topological polar surface area (TPSA) is 37.3 Å². The molecular formula is C14H12O2. The van der Waals surface area contributed by atoms with Crippen LogP contribution in [0.3, 0.4) is 0 Å². The molecule has 0 aromatic heterocycles. The van der Waals surface area contributed by atoms with E-state index in [9.17, 15) is 4.79 Å². The third-order valence-corrected chi connectivity index (χ3v) is 1.21.